The molecule has 0 bridgehead atoms. The number of hydrogen-bond acceptors (Lipinski definition) is 3. The van der Waals surface area contributed by atoms with Crippen LogP contribution in [0, 0.1) is 11.3 Å². The highest BCUT2D eigenvalue weighted by molar-refractivity contribution is 5.75. The molecule has 4 heteroatoms. The fraction of sp³-hybridized carbons (Fsp3) is 0.364. The van der Waals surface area contributed by atoms with E-state index < -0.39 is 0 Å². The summed E-state index contributed by atoms with van der Waals surface area (Å²) in [6, 6.07) is 3.87. The van der Waals surface area contributed by atoms with E-state index in [0.29, 0.717) is 5.56 Å². The summed E-state index contributed by atoms with van der Waals surface area (Å²) in [6.45, 7) is 6.21. The van der Waals surface area contributed by atoms with Gasteiger partial charge in [0.1, 0.15) is 6.07 Å². The molecule has 2 heterocycles. The van der Waals surface area contributed by atoms with E-state index in [4.69, 9.17) is 5.26 Å². The quantitative estimate of drug-likeness (QED) is 0.654. The molecule has 0 aliphatic rings. The SMILES string of the molecule is CC(C)(C)n1ncc2cc(C#N)cnc21. The third-order valence-corrected chi connectivity index (χ3v) is 2.17. The predicted octanol–water partition coefficient (Wildman–Crippen LogP) is 2.06. The Morgan fingerprint density at radius 1 is 1.33 bits per heavy atom. The Balaban J connectivity index is 2.69. The van der Waals surface area contributed by atoms with Gasteiger partial charge in [0, 0.05) is 11.6 Å². The zero-order valence-electron chi connectivity index (χ0n) is 9.02. The molecule has 0 atom stereocenters. The lowest BCUT2D eigenvalue weighted by Crippen LogP contribution is -2.23. The maximum Gasteiger partial charge on any atom is 0.158 e. The van der Waals surface area contributed by atoms with Crippen LogP contribution in [0.4, 0.5) is 0 Å². The van der Waals surface area contributed by atoms with Gasteiger partial charge in [-0.15, -0.1) is 0 Å². The van der Waals surface area contributed by atoms with Crippen LogP contribution in [0.3, 0.4) is 0 Å². The number of pyridine rings is 1. The van der Waals surface area contributed by atoms with Gasteiger partial charge in [0.2, 0.25) is 0 Å². The lowest BCUT2D eigenvalue weighted by Gasteiger charge is -2.19. The highest BCUT2D eigenvalue weighted by Gasteiger charge is 2.17. The Bertz CT molecular complexity index is 540. The molecule has 0 amide bonds. The number of nitriles is 1. The van der Waals surface area contributed by atoms with Gasteiger partial charge in [0.05, 0.1) is 17.3 Å². The van der Waals surface area contributed by atoms with Crippen molar-refractivity contribution < 1.29 is 0 Å². The molecule has 76 valence electrons. The molecule has 2 aromatic heterocycles. The molecule has 4 nitrogen and oxygen atoms in total. The van der Waals surface area contributed by atoms with Crippen LogP contribution < -0.4 is 0 Å². The second-order valence-electron chi connectivity index (χ2n) is 4.48. The number of rotatable bonds is 0. The van der Waals surface area contributed by atoms with Crippen LogP contribution in [0.2, 0.25) is 0 Å². The molecule has 0 fully saturated rings. The Morgan fingerprint density at radius 2 is 2.07 bits per heavy atom. The Labute approximate surface area is 88.2 Å². The van der Waals surface area contributed by atoms with E-state index in [1.54, 1.807) is 18.5 Å². The number of hydrogen-bond donors (Lipinski definition) is 0. The molecule has 0 saturated carbocycles. The summed E-state index contributed by atoms with van der Waals surface area (Å²) >= 11 is 0. The van der Waals surface area contributed by atoms with Crippen molar-refractivity contribution in [1.29, 1.82) is 5.26 Å². The molecule has 0 N–H and O–H groups in total. The summed E-state index contributed by atoms with van der Waals surface area (Å²) in [5.74, 6) is 0. The van der Waals surface area contributed by atoms with Crippen LogP contribution in [-0.2, 0) is 5.54 Å². The average Bonchev–Trinajstić information content (AvgIpc) is 2.59. The van der Waals surface area contributed by atoms with Gasteiger partial charge >= 0.3 is 0 Å². The number of nitrogens with zero attached hydrogens (tertiary/aromatic N) is 4. The van der Waals surface area contributed by atoms with Crippen LogP contribution in [0.1, 0.15) is 26.3 Å². The summed E-state index contributed by atoms with van der Waals surface area (Å²) in [6.07, 6.45) is 3.32. The molecule has 0 aromatic carbocycles. The van der Waals surface area contributed by atoms with Gasteiger partial charge in [-0.25, -0.2) is 9.67 Å². The van der Waals surface area contributed by atoms with Crippen LogP contribution in [0.15, 0.2) is 18.5 Å². The summed E-state index contributed by atoms with van der Waals surface area (Å²) in [4.78, 5) is 4.26. The Kier molecular flexibility index (Phi) is 1.97. The highest BCUT2D eigenvalue weighted by Crippen LogP contribution is 2.20. The first-order chi connectivity index (χ1) is 7.02. The average molecular weight is 200 g/mol. The third-order valence-electron chi connectivity index (χ3n) is 2.17. The molecule has 2 rings (SSSR count). The van der Waals surface area contributed by atoms with Gasteiger partial charge in [-0.1, -0.05) is 0 Å². The lowest BCUT2D eigenvalue weighted by atomic mass is 10.1. The summed E-state index contributed by atoms with van der Waals surface area (Å²) in [7, 11) is 0. The second kappa shape index (κ2) is 3.06. The highest BCUT2D eigenvalue weighted by atomic mass is 15.3. The topological polar surface area (TPSA) is 54.5 Å². The van der Waals surface area contributed by atoms with Gasteiger partial charge in [0.15, 0.2) is 5.65 Å². The van der Waals surface area contributed by atoms with Crippen molar-refractivity contribution in [3.63, 3.8) is 0 Å². The van der Waals surface area contributed by atoms with E-state index in [0.717, 1.165) is 11.0 Å². The molecule has 0 spiro atoms. The molecular formula is C11H12N4. The fourth-order valence-electron chi connectivity index (χ4n) is 1.47. The van der Waals surface area contributed by atoms with Crippen LogP contribution >= 0.6 is 0 Å². The monoisotopic (exact) mass is 200 g/mol. The normalized spacial score (nSPS) is 11.6. The van der Waals surface area contributed by atoms with Gasteiger partial charge in [0.25, 0.3) is 0 Å². The largest absolute Gasteiger partial charge is 0.242 e. The third kappa shape index (κ3) is 1.57. The van der Waals surface area contributed by atoms with E-state index >= 15 is 0 Å². The fourth-order valence-corrected chi connectivity index (χ4v) is 1.47. The van der Waals surface area contributed by atoms with Crippen molar-refractivity contribution in [2.45, 2.75) is 26.3 Å². The van der Waals surface area contributed by atoms with E-state index in [2.05, 4.69) is 36.9 Å². The minimum atomic E-state index is -0.0943. The number of aromatic nitrogens is 3. The van der Waals surface area contributed by atoms with Crippen LogP contribution in [0.5, 0.6) is 0 Å². The number of fused-ring (bicyclic) bond motifs is 1. The molecular weight excluding hydrogens is 188 g/mol. The Hall–Kier alpha value is -1.89. The van der Waals surface area contributed by atoms with Crippen molar-refractivity contribution in [3.05, 3.63) is 24.0 Å². The molecule has 0 aliphatic heterocycles. The molecule has 0 unspecified atom stereocenters. The van der Waals surface area contributed by atoms with E-state index in [9.17, 15) is 0 Å². The first kappa shape index (κ1) is 9.66. The molecule has 0 saturated heterocycles. The standard InChI is InChI=1S/C11H12N4/c1-11(2,3)15-10-9(7-14-15)4-8(5-12)6-13-10/h4,6-7H,1-3H3. The maximum atomic E-state index is 8.75. The van der Waals surface area contributed by atoms with Crippen LogP contribution in [-0.4, -0.2) is 14.8 Å². The maximum absolute atomic E-state index is 8.75. The zero-order chi connectivity index (χ0) is 11.1. The minimum absolute atomic E-state index is 0.0943. The van der Waals surface area contributed by atoms with Crippen molar-refractivity contribution >= 4 is 11.0 Å². The molecule has 0 aliphatic carbocycles. The predicted molar refractivity (Wildman–Crippen MR) is 57.2 cm³/mol. The molecule has 15 heavy (non-hydrogen) atoms. The summed E-state index contributed by atoms with van der Waals surface area (Å²) < 4.78 is 1.86. The summed E-state index contributed by atoms with van der Waals surface area (Å²) in [5.41, 5.74) is 1.29. The smallest absolute Gasteiger partial charge is 0.158 e. The van der Waals surface area contributed by atoms with Gasteiger partial charge < -0.3 is 0 Å². The molecule has 2 aromatic rings. The van der Waals surface area contributed by atoms with Gasteiger partial charge in [-0.05, 0) is 26.8 Å². The van der Waals surface area contributed by atoms with E-state index in [-0.39, 0.29) is 5.54 Å². The minimum Gasteiger partial charge on any atom is -0.242 e. The van der Waals surface area contributed by atoms with E-state index in [1.807, 2.05) is 4.68 Å². The Morgan fingerprint density at radius 3 is 2.67 bits per heavy atom. The van der Waals surface area contributed by atoms with Crippen molar-refractivity contribution in [2.24, 2.45) is 0 Å². The molecule has 0 radical (unpaired) electrons. The van der Waals surface area contributed by atoms with Crippen molar-refractivity contribution in [2.75, 3.05) is 0 Å². The van der Waals surface area contributed by atoms with Crippen molar-refractivity contribution in [3.8, 4) is 6.07 Å². The second-order valence-corrected chi connectivity index (χ2v) is 4.48. The first-order valence-corrected chi connectivity index (χ1v) is 4.77. The van der Waals surface area contributed by atoms with E-state index in [1.165, 1.54) is 0 Å². The zero-order valence-corrected chi connectivity index (χ0v) is 9.02. The van der Waals surface area contributed by atoms with Crippen molar-refractivity contribution in [1.82, 2.24) is 14.8 Å². The lowest BCUT2D eigenvalue weighted by molar-refractivity contribution is 0.366. The van der Waals surface area contributed by atoms with Gasteiger partial charge in [-0.3, -0.25) is 0 Å². The summed E-state index contributed by atoms with van der Waals surface area (Å²) in [5, 5.41) is 13.9. The van der Waals surface area contributed by atoms with Gasteiger partial charge in [-0.2, -0.15) is 10.4 Å². The van der Waals surface area contributed by atoms with Crippen LogP contribution in [0.25, 0.3) is 11.0 Å². The first-order valence-electron chi connectivity index (χ1n) is 4.77.